The van der Waals surface area contributed by atoms with Crippen molar-refractivity contribution in [1.82, 2.24) is 9.55 Å². The van der Waals surface area contributed by atoms with Crippen LogP contribution in [0, 0.1) is 6.92 Å². The average molecular weight is 243 g/mol. The van der Waals surface area contributed by atoms with E-state index < -0.39 is 0 Å². The number of nitrogens with two attached hydrogens (primary N) is 1. The molecule has 0 aliphatic carbocycles. The molecule has 1 heterocycles. The van der Waals surface area contributed by atoms with E-state index in [-0.39, 0.29) is 0 Å². The zero-order valence-electron chi connectivity index (χ0n) is 11.6. The summed E-state index contributed by atoms with van der Waals surface area (Å²) in [6.07, 6.45) is 1.05. The summed E-state index contributed by atoms with van der Waals surface area (Å²) in [6.45, 7) is 8.39. The van der Waals surface area contributed by atoms with Gasteiger partial charge in [0.2, 0.25) is 0 Å². The third kappa shape index (κ3) is 2.13. The molecular weight excluding hydrogens is 222 g/mol. The predicted octanol–water partition coefficient (Wildman–Crippen LogP) is 3.58. The highest BCUT2D eigenvalue weighted by Gasteiger charge is 2.15. The predicted molar refractivity (Wildman–Crippen MR) is 76.6 cm³/mol. The SMILES string of the molecule is CCc1ccc(-c2nc(C)n(C(C)C)c2N)cc1. The van der Waals surface area contributed by atoms with Gasteiger partial charge in [0.05, 0.1) is 0 Å². The van der Waals surface area contributed by atoms with Gasteiger partial charge in [-0.05, 0) is 32.8 Å². The van der Waals surface area contributed by atoms with Gasteiger partial charge in [0.15, 0.2) is 0 Å². The Bertz CT molecular complexity index is 536. The van der Waals surface area contributed by atoms with Crippen molar-refractivity contribution in [2.24, 2.45) is 0 Å². The molecule has 3 heteroatoms. The van der Waals surface area contributed by atoms with Gasteiger partial charge in [-0.2, -0.15) is 0 Å². The maximum atomic E-state index is 6.21. The first-order chi connectivity index (χ1) is 8.54. The van der Waals surface area contributed by atoms with Crippen LogP contribution in [0.15, 0.2) is 24.3 Å². The van der Waals surface area contributed by atoms with Crippen LogP contribution in [0.25, 0.3) is 11.3 Å². The summed E-state index contributed by atoms with van der Waals surface area (Å²) >= 11 is 0. The molecule has 0 aliphatic heterocycles. The Morgan fingerprint density at radius 1 is 1.22 bits per heavy atom. The molecule has 0 saturated heterocycles. The molecule has 0 unspecified atom stereocenters. The number of aryl methyl sites for hydroxylation is 2. The van der Waals surface area contributed by atoms with Crippen LogP contribution in [0.4, 0.5) is 5.82 Å². The number of aromatic nitrogens is 2. The van der Waals surface area contributed by atoms with Crippen LogP contribution in [0.3, 0.4) is 0 Å². The number of nitrogen functional groups attached to an aromatic ring is 1. The largest absolute Gasteiger partial charge is 0.383 e. The highest BCUT2D eigenvalue weighted by molar-refractivity contribution is 5.71. The Kier molecular flexibility index (Phi) is 3.41. The number of hydrogen-bond acceptors (Lipinski definition) is 2. The van der Waals surface area contributed by atoms with Gasteiger partial charge in [0.25, 0.3) is 0 Å². The lowest BCUT2D eigenvalue weighted by atomic mass is 10.1. The summed E-state index contributed by atoms with van der Waals surface area (Å²) in [5.74, 6) is 1.73. The molecule has 0 fully saturated rings. The molecule has 18 heavy (non-hydrogen) atoms. The number of benzene rings is 1. The first-order valence-electron chi connectivity index (χ1n) is 6.48. The molecular formula is C15H21N3. The summed E-state index contributed by atoms with van der Waals surface area (Å²) in [5.41, 5.74) is 9.52. The van der Waals surface area contributed by atoms with Crippen molar-refractivity contribution in [3.8, 4) is 11.3 Å². The molecule has 1 aromatic carbocycles. The molecule has 0 bridgehead atoms. The fourth-order valence-corrected chi connectivity index (χ4v) is 2.32. The monoisotopic (exact) mass is 243 g/mol. The maximum absolute atomic E-state index is 6.21. The van der Waals surface area contributed by atoms with Crippen LogP contribution in [-0.4, -0.2) is 9.55 Å². The van der Waals surface area contributed by atoms with E-state index in [4.69, 9.17) is 5.73 Å². The molecule has 0 aliphatic rings. The Balaban J connectivity index is 2.47. The summed E-state index contributed by atoms with van der Waals surface area (Å²) in [5, 5.41) is 0. The molecule has 2 N–H and O–H groups in total. The van der Waals surface area contributed by atoms with Gasteiger partial charge < -0.3 is 10.3 Å². The van der Waals surface area contributed by atoms with E-state index in [9.17, 15) is 0 Å². The Hall–Kier alpha value is -1.77. The molecule has 96 valence electrons. The highest BCUT2D eigenvalue weighted by atomic mass is 15.2. The summed E-state index contributed by atoms with van der Waals surface area (Å²) in [4.78, 5) is 4.60. The number of hydrogen-bond donors (Lipinski definition) is 1. The minimum atomic E-state index is 0.334. The second-order valence-electron chi connectivity index (χ2n) is 4.91. The third-order valence-electron chi connectivity index (χ3n) is 3.28. The lowest BCUT2D eigenvalue weighted by Gasteiger charge is -2.11. The van der Waals surface area contributed by atoms with Gasteiger partial charge in [0, 0.05) is 11.6 Å². The molecule has 0 saturated carbocycles. The van der Waals surface area contributed by atoms with Crippen molar-refractivity contribution in [2.45, 2.75) is 40.2 Å². The summed E-state index contributed by atoms with van der Waals surface area (Å²) < 4.78 is 2.07. The van der Waals surface area contributed by atoms with E-state index in [2.05, 4.69) is 54.6 Å². The van der Waals surface area contributed by atoms with Gasteiger partial charge >= 0.3 is 0 Å². The topological polar surface area (TPSA) is 43.8 Å². The van der Waals surface area contributed by atoms with Gasteiger partial charge in [-0.15, -0.1) is 0 Å². The van der Waals surface area contributed by atoms with Crippen molar-refractivity contribution in [1.29, 1.82) is 0 Å². The number of nitrogens with zero attached hydrogens (tertiary/aromatic N) is 2. The first kappa shape index (κ1) is 12.7. The van der Waals surface area contributed by atoms with Crippen LogP contribution < -0.4 is 5.73 Å². The molecule has 0 radical (unpaired) electrons. The summed E-state index contributed by atoms with van der Waals surface area (Å²) in [6, 6.07) is 8.81. The molecule has 2 rings (SSSR count). The lowest BCUT2D eigenvalue weighted by molar-refractivity contribution is 0.590. The van der Waals surface area contributed by atoms with Crippen molar-refractivity contribution in [3.05, 3.63) is 35.7 Å². The minimum Gasteiger partial charge on any atom is -0.383 e. The van der Waals surface area contributed by atoms with Crippen LogP contribution in [0.1, 0.15) is 38.2 Å². The molecule has 0 amide bonds. The summed E-state index contributed by atoms with van der Waals surface area (Å²) in [7, 11) is 0. The zero-order valence-corrected chi connectivity index (χ0v) is 11.6. The van der Waals surface area contributed by atoms with Gasteiger partial charge in [-0.3, -0.25) is 0 Å². The molecule has 2 aromatic rings. The fraction of sp³-hybridized carbons (Fsp3) is 0.400. The number of anilines is 1. The smallest absolute Gasteiger partial charge is 0.131 e. The first-order valence-corrected chi connectivity index (χ1v) is 6.48. The van der Waals surface area contributed by atoms with Gasteiger partial charge in [-0.25, -0.2) is 4.98 Å². The van der Waals surface area contributed by atoms with Crippen LogP contribution >= 0.6 is 0 Å². The fourth-order valence-electron chi connectivity index (χ4n) is 2.32. The van der Waals surface area contributed by atoms with Gasteiger partial charge in [-0.1, -0.05) is 31.2 Å². The van der Waals surface area contributed by atoms with Crippen LogP contribution in [0.5, 0.6) is 0 Å². The maximum Gasteiger partial charge on any atom is 0.131 e. The number of rotatable bonds is 3. The van der Waals surface area contributed by atoms with Crippen molar-refractivity contribution in [3.63, 3.8) is 0 Å². The quantitative estimate of drug-likeness (QED) is 0.895. The number of imidazole rings is 1. The van der Waals surface area contributed by atoms with Crippen LogP contribution in [0.2, 0.25) is 0 Å². The third-order valence-corrected chi connectivity index (χ3v) is 3.28. The van der Waals surface area contributed by atoms with Crippen LogP contribution in [-0.2, 0) is 6.42 Å². The molecule has 0 spiro atoms. The van der Waals surface area contributed by atoms with E-state index in [1.807, 2.05) is 6.92 Å². The van der Waals surface area contributed by atoms with E-state index >= 15 is 0 Å². The highest BCUT2D eigenvalue weighted by Crippen LogP contribution is 2.28. The van der Waals surface area contributed by atoms with E-state index in [0.717, 1.165) is 29.3 Å². The molecule has 0 atom stereocenters. The van der Waals surface area contributed by atoms with E-state index in [0.29, 0.717) is 6.04 Å². The average Bonchev–Trinajstić information content (AvgIpc) is 2.65. The van der Waals surface area contributed by atoms with Crippen molar-refractivity contribution >= 4 is 5.82 Å². The second kappa shape index (κ2) is 4.84. The van der Waals surface area contributed by atoms with E-state index in [1.54, 1.807) is 0 Å². The molecule has 1 aromatic heterocycles. The minimum absolute atomic E-state index is 0.334. The Labute approximate surface area is 109 Å². The zero-order chi connectivity index (χ0) is 13.3. The molecule has 3 nitrogen and oxygen atoms in total. The normalized spacial score (nSPS) is 11.2. The second-order valence-corrected chi connectivity index (χ2v) is 4.91. The standard InChI is InChI=1S/C15H21N3/c1-5-12-6-8-13(9-7-12)14-15(16)18(10(2)3)11(4)17-14/h6-10H,5,16H2,1-4H3. The Morgan fingerprint density at radius 3 is 2.28 bits per heavy atom. The van der Waals surface area contributed by atoms with Crippen molar-refractivity contribution in [2.75, 3.05) is 5.73 Å². The van der Waals surface area contributed by atoms with Gasteiger partial charge in [0.1, 0.15) is 17.3 Å². The Morgan fingerprint density at radius 2 is 1.83 bits per heavy atom. The lowest BCUT2D eigenvalue weighted by Crippen LogP contribution is -2.07. The van der Waals surface area contributed by atoms with E-state index in [1.165, 1.54) is 5.56 Å². The van der Waals surface area contributed by atoms with Crippen molar-refractivity contribution < 1.29 is 0 Å².